The van der Waals surface area contributed by atoms with Gasteiger partial charge in [0, 0.05) is 18.3 Å². The number of hydrogen-bond acceptors (Lipinski definition) is 2. The first kappa shape index (κ1) is 13.2. The molecule has 2 aromatic carbocycles. The molecule has 0 amide bonds. The molecule has 103 valence electrons. The summed E-state index contributed by atoms with van der Waals surface area (Å²) in [5.74, 6) is 0.705. The van der Waals surface area contributed by atoms with Gasteiger partial charge < -0.3 is 10.6 Å². The summed E-state index contributed by atoms with van der Waals surface area (Å²) in [4.78, 5) is 0. The highest BCUT2D eigenvalue weighted by Gasteiger charge is 2.21. The fourth-order valence-corrected chi connectivity index (χ4v) is 2.96. The smallest absolute Gasteiger partial charge is 0.0389 e. The Hall–Kier alpha value is -1.80. The van der Waals surface area contributed by atoms with E-state index in [-0.39, 0.29) is 0 Å². The van der Waals surface area contributed by atoms with Crippen molar-refractivity contribution in [3.63, 3.8) is 0 Å². The van der Waals surface area contributed by atoms with Crippen LogP contribution in [-0.2, 0) is 6.42 Å². The Bertz CT molecular complexity index is 462. The predicted molar refractivity (Wildman–Crippen MR) is 83.8 cm³/mol. The van der Waals surface area contributed by atoms with E-state index < -0.39 is 0 Å². The zero-order chi connectivity index (χ0) is 13.6. The number of benzene rings is 2. The van der Waals surface area contributed by atoms with Crippen molar-refractivity contribution in [2.24, 2.45) is 5.92 Å². The lowest BCUT2D eigenvalue weighted by Crippen LogP contribution is -2.43. The largest absolute Gasteiger partial charge is 0.381 e. The monoisotopic (exact) mass is 265 g/mol. The van der Waals surface area contributed by atoms with Crippen molar-refractivity contribution < 1.29 is 0 Å². The van der Waals surface area contributed by atoms with E-state index in [1.54, 1.807) is 0 Å². The zero-order valence-corrected chi connectivity index (χ0v) is 11.7. The van der Waals surface area contributed by atoms with Crippen LogP contribution in [0.3, 0.4) is 0 Å². The molecule has 0 bridgehead atoms. The molecule has 0 saturated carbocycles. The molecule has 20 heavy (non-hydrogen) atoms. The van der Waals surface area contributed by atoms with Crippen molar-refractivity contribution in [1.29, 1.82) is 0 Å². The standard InChI is InChI=1S/C18H21N2/c1-3-7-15(8-4-1)11-16-12-18(14-19-13-16)20-17-9-5-2-6-10-17/h1-5,7-10,16,18-20H,11-14H2/t16?,18-/m0/s1. The van der Waals surface area contributed by atoms with E-state index in [2.05, 4.69) is 53.1 Å². The van der Waals surface area contributed by atoms with Crippen LogP contribution in [0.5, 0.6) is 0 Å². The summed E-state index contributed by atoms with van der Waals surface area (Å²) in [7, 11) is 0. The first-order valence-electron chi connectivity index (χ1n) is 7.37. The van der Waals surface area contributed by atoms with Crippen molar-refractivity contribution >= 4 is 5.69 Å². The summed E-state index contributed by atoms with van der Waals surface area (Å²) in [5.41, 5.74) is 2.60. The number of rotatable bonds is 4. The van der Waals surface area contributed by atoms with Gasteiger partial charge in [0.1, 0.15) is 0 Å². The van der Waals surface area contributed by atoms with Gasteiger partial charge in [-0.1, -0.05) is 42.5 Å². The van der Waals surface area contributed by atoms with E-state index in [9.17, 15) is 0 Å². The van der Waals surface area contributed by atoms with Crippen molar-refractivity contribution in [3.8, 4) is 0 Å². The second-order valence-corrected chi connectivity index (χ2v) is 5.58. The van der Waals surface area contributed by atoms with Gasteiger partial charge in [0.15, 0.2) is 0 Å². The predicted octanol–water partition coefficient (Wildman–Crippen LogP) is 3.12. The van der Waals surface area contributed by atoms with Crippen molar-refractivity contribution in [2.45, 2.75) is 18.9 Å². The maximum atomic E-state index is 3.60. The number of hydrogen-bond donors (Lipinski definition) is 2. The minimum absolute atomic E-state index is 0.508. The Morgan fingerprint density at radius 1 is 1.10 bits per heavy atom. The van der Waals surface area contributed by atoms with Crippen LogP contribution in [-0.4, -0.2) is 19.1 Å². The van der Waals surface area contributed by atoms with E-state index in [0.717, 1.165) is 19.5 Å². The summed E-state index contributed by atoms with van der Waals surface area (Å²) < 4.78 is 0. The fourth-order valence-electron chi connectivity index (χ4n) is 2.96. The average Bonchev–Trinajstić information content (AvgIpc) is 2.50. The van der Waals surface area contributed by atoms with Crippen molar-refractivity contribution in [1.82, 2.24) is 5.32 Å². The van der Waals surface area contributed by atoms with Crippen LogP contribution in [0, 0.1) is 12.0 Å². The molecule has 2 heteroatoms. The second kappa shape index (κ2) is 6.58. The van der Waals surface area contributed by atoms with Gasteiger partial charge in [-0.15, -0.1) is 0 Å². The van der Waals surface area contributed by atoms with Crippen LogP contribution in [0.4, 0.5) is 5.69 Å². The van der Waals surface area contributed by atoms with E-state index in [1.807, 2.05) is 18.2 Å². The SMILES string of the molecule is [c]1cccc(N[C@@H]2CNCC(Cc3ccccc3)C2)c1. The molecule has 0 spiro atoms. The third-order valence-corrected chi connectivity index (χ3v) is 3.89. The van der Waals surface area contributed by atoms with Crippen molar-refractivity contribution in [3.05, 3.63) is 66.2 Å². The summed E-state index contributed by atoms with van der Waals surface area (Å²) >= 11 is 0. The maximum Gasteiger partial charge on any atom is 0.0389 e. The lowest BCUT2D eigenvalue weighted by atomic mass is 9.90. The van der Waals surface area contributed by atoms with Crippen molar-refractivity contribution in [2.75, 3.05) is 18.4 Å². The van der Waals surface area contributed by atoms with E-state index >= 15 is 0 Å². The first-order valence-corrected chi connectivity index (χ1v) is 7.37. The molecule has 1 saturated heterocycles. The molecule has 2 aromatic rings. The molecule has 1 heterocycles. The lowest BCUT2D eigenvalue weighted by Gasteiger charge is -2.31. The van der Waals surface area contributed by atoms with Gasteiger partial charge >= 0.3 is 0 Å². The van der Waals surface area contributed by atoms with Gasteiger partial charge in [0.25, 0.3) is 0 Å². The van der Waals surface area contributed by atoms with Gasteiger partial charge in [-0.3, -0.25) is 0 Å². The Morgan fingerprint density at radius 3 is 2.80 bits per heavy atom. The molecule has 1 radical (unpaired) electrons. The quantitative estimate of drug-likeness (QED) is 0.887. The molecule has 0 aliphatic carbocycles. The Morgan fingerprint density at radius 2 is 2.00 bits per heavy atom. The fraction of sp³-hybridized carbons (Fsp3) is 0.333. The van der Waals surface area contributed by atoms with E-state index in [1.165, 1.54) is 17.7 Å². The summed E-state index contributed by atoms with van der Waals surface area (Å²) in [6, 6.07) is 22.5. The molecular formula is C18H21N2. The van der Waals surface area contributed by atoms with E-state index in [0.29, 0.717) is 12.0 Å². The van der Waals surface area contributed by atoms with Crippen LogP contribution >= 0.6 is 0 Å². The molecule has 1 aliphatic rings. The van der Waals surface area contributed by atoms with Gasteiger partial charge in [-0.05, 0) is 49.1 Å². The van der Waals surface area contributed by atoms with Crippen LogP contribution in [0.1, 0.15) is 12.0 Å². The molecule has 0 aromatic heterocycles. The molecular weight excluding hydrogens is 244 g/mol. The molecule has 3 rings (SSSR count). The highest BCUT2D eigenvalue weighted by Crippen LogP contribution is 2.19. The topological polar surface area (TPSA) is 24.1 Å². The second-order valence-electron chi connectivity index (χ2n) is 5.58. The number of piperidine rings is 1. The van der Waals surface area contributed by atoms with Crippen LogP contribution < -0.4 is 10.6 Å². The Balaban J connectivity index is 1.57. The zero-order valence-electron chi connectivity index (χ0n) is 11.7. The normalized spacial score (nSPS) is 22.4. The van der Waals surface area contributed by atoms with Crippen LogP contribution in [0.2, 0.25) is 0 Å². The van der Waals surface area contributed by atoms with Gasteiger partial charge in [0.05, 0.1) is 0 Å². The van der Waals surface area contributed by atoms with E-state index in [4.69, 9.17) is 0 Å². The minimum atomic E-state index is 0.508. The molecule has 2 atom stereocenters. The minimum Gasteiger partial charge on any atom is -0.381 e. The molecule has 1 fully saturated rings. The molecule has 2 nitrogen and oxygen atoms in total. The summed E-state index contributed by atoms with van der Waals surface area (Å²) in [6.45, 7) is 2.16. The molecule has 1 unspecified atom stereocenters. The maximum absolute atomic E-state index is 3.60. The summed E-state index contributed by atoms with van der Waals surface area (Å²) in [6.07, 6.45) is 2.38. The third-order valence-electron chi connectivity index (χ3n) is 3.89. The average molecular weight is 265 g/mol. The lowest BCUT2D eigenvalue weighted by molar-refractivity contribution is 0.353. The highest BCUT2D eigenvalue weighted by molar-refractivity contribution is 5.43. The molecule has 1 aliphatic heterocycles. The van der Waals surface area contributed by atoms with Gasteiger partial charge in [-0.25, -0.2) is 0 Å². The number of nitrogens with one attached hydrogen (secondary N) is 2. The molecule has 2 N–H and O–H groups in total. The van der Waals surface area contributed by atoms with Gasteiger partial charge in [-0.2, -0.15) is 0 Å². The Labute approximate surface area is 121 Å². The first-order chi connectivity index (χ1) is 9.90. The third kappa shape index (κ3) is 3.61. The number of anilines is 1. The Kier molecular flexibility index (Phi) is 4.34. The van der Waals surface area contributed by atoms with Crippen LogP contribution in [0.25, 0.3) is 0 Å². The highest BCUT2D eigenvalue weighted by atomic mass is 15.0. The summed E-state index contributed by atoms with van der Waals surface area (Å²) in [5, 5.41) is 7.16. The van der Waals surface area contributed by atoms with Crippen LogP contribution in [0.15, 0.2) is 54.6 Å². The van der Waals surface area contributed by atoms with Gasteiger partial charge in [0.2, 0.25) is 0 Å².